The van der Waals surface area contributed by atoms with Gasteiger partial charge in [0.25, 0.3) is 0 Å². The van der Waals surface area contributed by atoms with E-state index in [-0.39, 0.29) is 0 Å². The number of aryl methyl sites for hydroxylation is 2. The lowest BCUT2D eigenvalue weighted by Gasteiger charge is -2.24. The van der Waals surface area contributed by atoms with Crippen LogP contribution in [0.15, 0.2) is 46.2 Å². The number of hydrogen-bond donors (Lipinski definition) is 1. The summed E-state index contributed by atoms with van der Waals surface area (Å²) in [5, 5.41) is 13.5. The summed E-state index contributed by atoms with van der Waals surface area (Å²) in [6.45, 7) is 5.23. The molecule has 172 valence electrons. The molecule has 3 aromatic rings. The number of halogens is 1. The summed E-state index contributed by atoms with van der Waals surface area (Å²) in [4.78, 5) is 0. The highest BCUT2D eigenvalue weighted by Crippen LogP contribution is 2.30. The Morgan fingerprint density at radius 3 is 2.84 bits per heavy atom. The minimum atomic E-state index is 0.841. The maximum absolute atomic E-state index is 4.45. The van der Waals surface area contributed by atoms with Crippen molar-refractivity contribution in [3.63, 3.8) is 0 Å². The first-order valence-corrected chi connectivity index (χ1v) is 13.6. The molecule has 2 heterocycles. The van der Waals surface area contributed by atoms with Crippen molar-refractivity contribution in [1.29, 1.82) is 0 Å². The fourth-order valence-electron chi connectivity index (χ4n) is 4.61. The normalized spacial score (nSPS) is 15.8. The molecule has 1 unspecified atom stereocenters. The molecule has 0 spiro atoms. The first-order chi connectivity index (χ1) is 15.7. The van der Waals surface area contributed by atoms with Gasteiger partial charge < -0.3 is 14.5 Å². The number of nitrogens with zero attached hydrogens (tertiary/aromatic N) is 4. The quantitative estimate of drug-likeness (QED) is 0.262. The fraction of sp³-hybridized carbons (Fsp3) is 0.520. The van der Waals surface area contributed by atoms with Gasteiger partial charge in [0, 0.05) is 30.0 Å². The molecule has 1 aromatic carbocycles. The van der Waals surface area contributed by atoms with Crippen molar-refractivity contribution >= 4 is 27.7 Å². The van der Waals surface area contributed by atoms with Crippen LogP contribution < -0.4 is 5.32 Å². The van der Waals surface area contributed by atoms with Crippen LogP contribution in [0.25, 0.3) is 11.5 Å². The third-order valence-electron chi connectivity index (χ3n) is 6.40. The summed E-state index contributed by atoms with van der Waals surface area (Å²) in [7, 11) is 2.05. The zero-order valence-corrected chi connectivity index (χ0v) is 21.6. The maximum atomic E-state index is 4.45. The average molecular weight is 517 g/mol. The van der Waals surface area contributed by atoms with E-state index in [2.05, 4.69) is 91.1 Å². The summed E-state index contributed by atoms with van der Waals surface area (Å²) in [6.07, 6.45) is 9.62. The lowest BCUT2D eigenvalue weighted by molar-refractivity contribution is 0.409. The van der Waals surface area contributed by atoms with Gasteiger partial charge in [0.1, 0.15) is 0 Å². The van der Waals surface area contributed by atoms with E-state index < -0.39 is 0 Å². The van der Waals surface area contributed by atoms with Crippen LogP contribution in [0.3, 0.4) is 0 Å². The zero-order chi connectivity index (χ0) is 22.3. The molecule has 1 aliphatic rings. The Kier molecular flexibility index (Phi) is 8.49. The molecule has 0 aliphatic heterocycles. The number of thioether (sulfide) groups is 1. The van der Waals surface area contributed by atoms with Crippen molar-refractivity contribution in [2.24, 2.45) is 13.0 Å². The molecule has 1 aliphatic carbocycles. The van der Waals surface area contributed by atoms with Crippen LogP contribution in [0.4, 0.5) is 0 Å². The number of fused-ring (bicyclic) bond motifs is 1. The molecule has 0 fully saturated rings. The maximum Gasteiger partial charge on any atom is 0.191 e. The van der Waals surface area contributed by atoms with Gasteiger partial charge >= 0.3 is 0 Å². The van der Waals surface area contributed by atoms with Gasteiger partial charge in [-0.05, 0) is 99.8 Å². The number of aromatic nitrogens is 4. The van der Waals surface area contributed by atoms with E-state index in [9.17, 15) is 0 Å². The number of benzene rings is 1. The lowest BCUT2D eigenvalue weighted by atomic mass is 9.82. The molecular formula is C25H34BrN5S. The minimum Gasteiger partial charge on any atom is -0.348 e. The average Bonchev–Trinajstić information content (AvgIpc) is 3.40. The van der Waals surface area contributed by atoms with E-state index in [4.69, 9.17) is 0 Å². The van der Waals surface area contributed by atoms with E-state index in [0.717, 1.165) is 54.4 Å². The molecule has 1 atom stereocenters. The standard InChI is InChI=1S/C25H34BrN5S/c1-3-31-24(23-8-5-15-30(23)2)28-29-25(31)32-16-6-14-27-13-4-7-19-9-10-20-11-12-22(26)18-21(20)17-19/h5,8,11-12,15,18-19,27H,3-4,6-7,9-10,13-14,16-17H2,1-2H3. The molecule has 0 bridgehead atoms. The molecule has 0 radical (unpaired) electrons. The van der Waals surface area contributed by atoms with Crippen molar-refractivity contribution in [2.45, 2.75) is 57.1 Å². The predicted molar refractivity (Wildman–Crippen MR) is 137 cm³/mol. The fourth-order valence-corrected chi connectivity index (χ4v) is 5.96. The van der Waals surface area contributed by atoms with Gasteiger partial charge in [-0.25, -0.2) is 0 Å². The second kappa shape index (κ2) is 11.5. The van der Waals surface area contributed by atoms with Gasteiger partial charge in [0.15, 0.2) is 11.0 Å². The van der Waals surface area contributed by atoms with Crippen LogP contribution in [-0.4, -0.2) is 38.2 Å². The molecule has 4 rings (SSSR count). The first kappa shape index (κ1) is 23.6. The van der Waals surface area contributed by atoms with E-state index in [1.165, 1.54) is 36.6 Å². The Balaban J connectivity index is 1.12. The third kappa shape index (κ3) is 5.86. The largest absolute Gasteiger partial charge is 0.348 e. The summed E-state index contributed by atoms with van der Waals surface area (Å²) in [6, 6.07) is 10.9. The topological polar surface area (TPSA) is 47.7 Å². The van der Waals surface area contributed by atoms with Gasteiger partial charge in [-0.1, -0.05) is 33.8 Å². The Bertz CT molecular complexity index is 1010. The SMILES string of the molecule is CCn1c(SCCCNCCCC2CCc3ccc(Br)cc3C2)nnc1-c1cccn1C. The van der Waals surface area contributed by atoms with E-state index >= 15 is 0 Å². The van der Waals surface area contributed by atoms with Crippen LogP contribution in [-0.2, 0) is 26.4 Å². The zero-order valence-electron chi connectivity index (χ0n) is 19.2. The van der Waals surface area contributed by atoms with Gasteiger partial charge in [0.05, 0.1) is 5.69 Å². The molecule has 2 aromatic heterocycles. The van der Waals surface area contributed by atoms with Crippen molar-refractivity contribution in [3.8, 4) is 11.5 Å². The monoisotopic (exact) mass is 515 g/mol. The van der Waals surface area contributed by atoms with Crippen molar-refractivity contribution in [1.82, 2.24) is 24.6 Å². The number of nitrogens with one attached hydrogen (secondary N) is 1. The minimum absolute atomic E-state index is 0.841. The van der Waals surface area contributed by atoms with Crippen molar-refractivity contribution in [3.05, 3.63) is 52.1 Å². The molecular weight excluding hydrogens is 482 g/mol. The molecule has 0 amide bonds. The van der Waals surface area contributed by atoms with E-state index in [1.54, 1.807) is 11.1 Å². The van der Waals surface area contributed by atoms with Crippen molar-refractivity contribution in [2.75, 3.05) is 18.8 Å². The summed E-state index contributed by atoms with van der Waals surface area (Å²) in [5.74, 6) is 2.86. The lowest BCUT2D eigenvalue weighted by Crippen LogP contribution is -2.20. The summed E-state index contributed by atoms with van der Waals surface area (Å²) >= 11 is 5.43. The number of hydrogen-bond acceptors (Lipinski definition) is 4. The first-order valence-electron chi connectivity index (χ1n) is 11.8. The second-order valence-electron chi connectivity index (χ2n) is 8.67. The van der Waals surface area contributed by atoms with Gasteiger partial charge in [-0.2, -0.15) is 0 Å². The molecule has 1 N–H and O–H groups in total. The van der Waals surface area contributed by atoms with E-state index in [1.807, 2.05) is 11.8 Å². The summed E-state index contributed by atoms with van der Waals surface area (Å²) < 4.78 is 5.53. The Morgan fingerprint density at radius 2 is 2.03 bits per heavy atom. The molecule has 5 nitrogen and oxygen atoms in total. The Labute approximate surface area is 204 Å². The summed E-state index contributed by atoms with van der Waals surface area (Å²) in [5.41, 5.74) is 4.22. The molecule has 0 saturated carbocycles. The Hall–Kier alpha value is -1.57. The third-order valence-corrected chi connectivity index (χ3v) is 7.95. The molecule has 0 saturated heterocycles. The molecule has 32 heavy (non-hydrogen) atoms. The Morgan fingerprint density at radius 1 is 1.16 bits per heavy atom. The van der Waals surface area contributed by atoms with E-state index in [0.29, 0.717) is 0 Å². The van der Waals surface area contributed by atoms with Crippen molar-refractivity contribution < 1.29 is 0 Å². The molecule has 7 heteroatoms. The highest BCUT2D eigenvalue weighted by Gasteiger charge is 2.18. The smallest absolute Gasteiger partial charge is 0.191 e. The number of rotatable bonds is 11. The van der Waals surface area contributed by atoms with Crippen LogP contribution in [0.1, 0.15) is 43.7 Å². The van der Waals surface area contributed by atoms with Crippen LogP contribution >= 0.6 is 27.7 Å². The van der Waals surface area contributed by atoms with Gasteiger partial charge in [-0.3, -0.25) is 0 Å². The highest BCUT2D eigenvalue weighted by atomic mass is 79.9. The van der Waals surface area contributed by atoms with Crippen LogP contribution in [0.2, 0.25) is 0 Å². The second-order valence-corrected chi connectivity index (χ2v) is 10.6. The predicted octanol–water partition coefficient (Wildman–Crippen LogP) is 5.72. The van der Waals surface area contributed by atoms with Crippen LogP contribution in [0.5, 0.6) is 0 Å². The van der Waals surface area contributed by atoms with Crippen LogP contribution in [0, 0.1) is 5.92 Å². The van der Waals surface area contributed by atoms with Gasteiger partial charge in [0.2, 0.25) is 0 Å². The van der Waals surface area contributed by atoms with Gasteiger partial charge in [-0.15, -0.1) is 10.2 Å². The highest BCUT2D eigenvalue weighted by molar-refractivity contribution is 9.10.